The molecule has 6 aliphatic rings. The van der Waals surface area contributed by atoms with Gasteiger partial charge in [-0.1, -0.05) is 42.5 Å². The van der Waals surface area contributed by atoms with Crippen LogP contribution in [0.2, 0.25) is 0 Å². The minimum absolute atomic E-state index is 0.000711. The number of anilines is 2. The minimum Gasteiger partial charge on any atom is -0.508 e. The standard InChI is InChI=1S/C44H47FN4O3/c45-38-21-31(41-34(29-4-2-1-3-5-29)9-6-30-20-33(50)8-10-35(30)41)7-12-39(38)48-26-44(27-48)16-14-28(15-17-44)23-47-18-19-49-32(24-47)25-52-42-37-22-46-43(51)36(37)11-13-40(42)49/h1-5,7-8,10-13,20-21,28,32,34,41,50H,6,9,14-19,22-27H2,(H,46,51). The molecule has 10 rings (SSSR count). The van der Waals surface area contributed by atoms with E-state index in [1.54, 1.807) is 12.1 Å². The molecule has 2 N–H and O–H groups in total. The summed E-state index contributed by atoms with van der Waals surface area (Å²) in [6, 6.07) is 26.7. The van der Waals surface area contributed by atoms with Crippen LogP contribution in [0.4, 0.5) is 15.8 Å². The van der Waals surface area contributed by atoms with E-state index in [9.17, 15) is 9.90 Å². The number of ether oxygens (including phenoxy) is 1. The van der Waals surface area contributed by atoms with Crippen LogP contribution in [0.5, 0.6) is 11.5 Å². The van der Waals surface area contributed by atoms with Gasteiger partial charge in [0.25, 0.3) is 5.91 Å². The number of hydrogen-bond donors (Lipinski definition) is 2. The molecular weight excluding hydrogens is 652 g/mol. The molecular formula is C44H47FN4O3. The fraction of sp³-hybridized carbons (Fsp3) is 0.432. The number of phenols is 1. The van der Waals surface area contributed by atoms with E-state index in [0.29, 0.717) is 36.3 Å². The molecule has 4 aromatic rings. The summed E-state index contributed by atoms with van der Waals surface area (Å²) in [6.07, 6.45) is 6.79. The van der Waals surface area contributed by atoms with E-state index < -0.39 is 0 Å². The Morgan fingerprint density at radius 2 is 1.73 bits per heavy atom. The summed E-state index contributed by atoms with van der Waals surface area (Å²) in [5.74, 6) is 2.08. The summed E-state index contributed by atoms with van der Waals surface area (Å²) < 4.78 is 22.4. The lowest BCUT2D eigenvalue weighted by Gasteiger charge is -2.55. The molecule has 0 aromatic heterocycles. The second-order valence-corrected chi connectivity index (χ2v) is 16.5. The molecule has 0 radical (unpaired) electrons. The molecule has 3 unspecified atom stereocenters. The van der Waals surface area contributed by atoms with Gasteiger partial charge < -0.3 is 25.0 Å². The van der Waals surface area contributed by atoms with Gasteiger partial charge in [-0.05, 0) is 109 Å². The molecule has 8 heteroatoms. The smallest absolute Gasteiger partial charge is 0.252 e. The summed E-state index contributed by atoms with van der Waals surface area (Å²) in [5, 5.41) is 13.1. The van der Waals surface area contributed by atoms with Crippen molar-refractivity contribution in [2.45, 2.75) is 62.9 Å². The van der Waals surface area contributed by atoms with E-state index >= 15 is 4.39 Å². The van der Waals surface area contributed by atoms with Crippen LogP contribution < -0.4 is 19.9 Å². The molecule has 0 bridgehead atoms. The van der Waals surface area contributed by atoms with Crippen molar-refractivity contribution in [1.29, 1.82) is 0 Å². The molecule has 3 fully saturated rings. The van der Waals surface area contributed by atoms with E-state index in [0.717, 1.165) is 85.9 Å². The van der Waals surface area contributed by atoms with Gasteiger partial charge in [-0.3, -0.25) is 9.69 Å². The van der Waals surface area contributed by atoms with Crippen molar-refractivity contribution in [3.05, 3.63) is 118 Å². The summed E-state index contributed by atoms with van der Waals surface area (Å²) in [6.45, 7) is 7.30. The monoisotopic (exact) mass is 698 g/mol. The number of piperazine rings is 1. The van der Waals surface area contributed by atoms with E-state index in [2.05, 4.69) is 62.5 Å². The molecule has 1 saturated carbocycles. The SMILES string of the molecule is O=C1NCc2c1ccc1c2OCC2CN(CC3CCC4(CC3)CN(c3ccc(C5c6ccc(O)cc6CCC5c5ccccc5)cc3F)C4)CCN12. The van der Waals surface area contributed by atoms with Gasteiger partial charge >= 0.3 is 0 Å². The number of amides is 1. The zero-order chi connectivity index (χ0) is 35.0. The highest BCUT2D eigenvalue weighted by Gasteiger charge is 2.46. The van der Waals surface area contributed by atoms with Crippen molar-refractivity contribution in [2.75, 3.05) is 55.7 Å². The molecule has 1 amide bonds. The van der Waals surface area contributed by atoms with Gasteiger partial charge in [-0.2, -0.15) is 0 Å². The number of carbonyl (C=O) groups excluding carboxylic acids is 1. The Labute approximate surface area is 305 Å². The zero-order valence-corrected chi connectivity index (χ0v) is 29.7. The number of phenolic OH excluding ortho intramolecular Hbond substituents is 1. The van der Waals surface area contributed by atoms with Crippen LogP contribution >= 0.6 is 0 Å². The number of halogens is 1. The van der Waals surface area contributed by atoms with E-state index in [1.807, 2.05) is 24.3 Å². The number of aryl methyl sites for hydroxylation is 1. The lowest BCUT2D eigenvalue weighted by Crippen LogP contribution is -2.59. The fourth-order valence-corrected chi connectivity index (χ4v) is 10.7. The number of carbonyl (C=O) groups is 1. The third kappa shape index (κ3) is 5.44. The molecule has 7 nitrogen and oxygen atoms in total. The number of rotatable bonds is 5. The molecule has 4 aromatic carbocycles. The van der Waals surface area contributed by atoms with Gasteiger partial charge in [0.1, 0.15) is 23.9 Å². The van der Waals surface area contributed by atoms with Gasteiger partial charge in [0.2, 0.25) is 0 Å². The predicted octanol–water partition coefficient (Wildman–Crippen LogP) is 7.22. The van der Waals surface area contributed by atoms with Gasteiger partial charge in [0.15, 0.2) is 0 Å². The second-order valence-electron chi connectivity index (χ2n) is 16.5. The lowest BCUT2D eigenvalue weighted by molar-refractivity contribution is 0.0805. The Bertz CT molecular complexity index is 2020. The number of nitrogens with zero attached hydrogens (tertiary/aromatic N) is 3. The average molecular weight is 699 g/mol. The third-order valence-corrected chi connectivity index (χ3v) is 13.4. The van der Waals surface area contributed by atoms with Crippen LogP contribution in [0, 0.1) is 17.2 Å². The Morgan fingerprint density at radius 3 is 2.56 bits per heavy atom. The van der Waals surface area contributed by atoms with Crippen molar-refractivity contribution in [2.24, 2.45) is 11.3 Å². The summed E-state index contributed by atoms with van der Waals surface area (Å²) >= 11 is 0. The summed E-state index contributed by atoms with van der Waals surface area (Å²) in [7, 11) is 0. The fourth-order valence-electron chi connectivity index (χ4n) is 10.7. The van der Waals surface area contributed by atoms with Crippen LogP contribution in [0.3, 0.4) is 0 Å². The van der Waals surface area contributed by atoms with Crippen LogP contribution in [-0.2, 0) is 13.0 Å². The molecule has 268 valence electrons. The topological polar surface area (TPSA) is 68.3 Å². The highest BCUT2D eigenvalue weighted by Crippen LogP contribution is 2.50. The lowest BCUT2D eigenvalue weighted by atomic mass is 9.65. The van der Waals surface area contributed by atoms with Gasteiger partial charge in [0, 0.05) is 68.3 Å². The van der Waals surface area contributed by atoms with E-state index in [-0.39, 0.29) is 23.6 Å². The Kier molecular flexibility index (Phi) is 7.75. The predicted molar refractivity (Wildman–Crippen MR) is 201 cm³/mol. The highest BCUT2D eigenvalue weighted by atomic mass is 19.1. The number of hydrogen-bond acceptors (Lipinski definition) is 6. The molecule has 3 atom stereocenters. The minimum atomic E-state index is -0.123. The first-order valence-electron chi connectivity index (χ1n) is 19.4. The van der Waals surface area contributed by atoms with Crippen LogP contribution in [0.25, 0.3) is 0 Å². The normalized spacial score (nSPS) is 25.0. The molecule has 2 saturated heterocycles. The maximum absolute atomic E-state index is 16.1. The van der Waals surface area contributed by atoms with Gasteiger partial charge in [0.05, 0.1) is 17.4 Å². The third-order valence-electron chi connectivity index (χ3n) is 13.4. The second kappa shape index (κ2) is 12.5. The molecule has 4 aliphatic heterocycles. The van der Waals surface area contributed by atoms with Crippen LogP contribution in [0.1, 0.15) is 82.1 Å². The number of benzene rings is 4. The molecule has 52 heavy (non-hydrogen) atoms. The highest BCUT2D eigenvalue weighted by molar-refractivity contribution is 6.00. The number of fused-ring (bicyclic) bond motifs is 6. The summed E-state index contributed by atoms with van der Waals surface area (Å²) in [4.78, 5) is 19.6. The number of nitrogens with one attached hydrogen (secondary N) is 1. The van der Waals surface area contributed by atoms with Crippen molar-refractivity contribution < 1.29 is 19.0 Å². The average Bonchev–Trinajstić information content (AvgIpc) is 3.54. The number of aromatic hydroxyl groups is 1. The zero-order valence-electron chi connectivity index (χ0n) is 29.7. The Morgan fingerprint density at radius 1 is 0.904 bits per heavy atom. The van der Waals surface area contributed by atoms with Crippen LogP contribution in [0.15, 0.2) is 78.9 Å². The van der Waals surface area contributed by atoms with Crippen LogP contribution in [-0.4, -0.2) is 67.8 Å². The summed E-state index contributed by atoms with van der Waals surface area (Å²) in [5.41, 5.74) is 8.61. The van der Waals surface area contributed by atoms with Gasteiger partial charge in [-0.15, -0.1) is 0 Å². The first-order chi connectivity index (χ1) is 25.4. The van der Waals surface area contributed by atoms with Crippen molar-refractivity contribution in [1.82, 2.24) is 10.2 Å². The van der Waals surface area contributed by atoms with Crippen molar-refractivity contribution >= 4 is 17.3 Å². The van der Waals surface area contributed by atoms with E-state index in [4.69, 9.17) is 4.74 Å². The van der Waals surface area contributed by atoms with E-state index in [1.165, 1.54) is 42.4 Å². The molecule has 2 aliphatic carbocycles. The Balaban J connectivity index is 0.765. The van der Waals surface area contributed by atoms with Crippen molar-refractivity contribution in [3.63, 3.8) is 0 Å². The first-order valence-corrected chi connectivity index (χ1v) is 19.4. The Hall–Kier alpha value is -4.56. The van der Waals surface area contributed by atoms with Gasteiger partial charge in [-0.25, -0.2) is 4.39 Å². The first kappa shape index (κ1) is 32.1. The quantitative estimate of drug-likeness (QED) is 0.230. The molecule has 4 heterocycles. The maximum Gasteiger partial charge on any atom is 0.252 e. The maximum atomic E-state index is 16.1. The van der Waals surface area contributed by atoms with Crippen molar-refractivity contribution in [3.8, 4) is 11.5 Å². The molecule has 1 spiro atoms. The largest absolute Gasteiger partial charge is 0.508 e.